The fourth-order valence-corrected chi connectivity index (χ4v) is 4.01. The van der Waals surface area contributed by atoms with Crippen LogP contribution in [0.5, 0.6) is 0 Å². The Bertz CT molecular complexity index is 980. The second-order valence-corrected chi connectivity index (χ2v) is 8.20. The molecular weight excluding hydrogens is 370 g/mol. The number of amides is 1. The maximum Gasteiger partial charge on any atom is 0.306 e. The van der Waals surface area contributed by atoms with Gasteiger partial charge >= 0.3 is 5.97 Å². The Kier molecular flexibility index (Phi) is 5.65. The number of rotatable bonds is 6. The Morgan fingerprint density at radius 1 is 1.21 bits per heavy atom. The maximum absolute atomic E-state index is 12.8. The average Bonchev–Trinajstić information content (AvgIpc) is 3.55. The molecule has 0 radical (unpaired) electrons. The van der Waals surface area contributed by atoms with Gasteiger partial charge in [-0.1, -0.05) is 19.1 Å². The second kappa shape index (κ2) is 8.35. The molecular formula is C22H27N3O4. The van der Waals surface area contributed by atoms with Crippen molar-refractivity contribution in [1.82, 2.24) is 14.5 Å². The lowest BCUT2D eigenvalue weighted by Crippen LogP contribution is -2.41. The summed E-state index contributed by atoms with van der Waals surface area (Å²) in [6, 6.07) is 7.46. The van der Waals surface area contributed by atoms with Crippen LogP contribution < -0.4 is 5.56 Å². The third kappa shape index (κ3) is 4.49. The number of aryl methyl sites for hydroxylation is 1. The van der Waals surface area contributed by atoms with Gasteiger partial charge in [-0.25, -0.2) is 4.98 Å². The Hall–Kier alpha value is -2.70. The van der Waals surface area contributed by atoms with E-state index in [0.29, 0.717) is 29.1 Å². The van der Waals surface area contributed by atoms with Gasteiger partial charge in [0.25, 0.3) is 11.5 Å². The lowest BCUT2D eigenvalue weighted by atomic mass is 10.0. The van der Waals surface area contributed by atoms with Gasteiger partial charge in [0.05, 0.1) is 17.3 Å². The van der Waals surface area contributed by atoms with E-state index < -0.39 is 5.97 Å². The van der Waals surface area contributed by atoms with Crippen molar-refractivity contribution >= 4 is 22.8 Å². The Morgan fingerprint density at radius 2 is 2.00 bits per heavy atom. The molecule has 29 heavy (non-hydrogen) atoms. The van der Waals surface area contributed by atoms with Crippen LogP contribution in [0.4, 0.5) is 0 Å². The Balaban J connectivity index is 1.38. The first-order valence-electron chi connectivity index (χ1n) is 10.5. The molecule has 1 aliphatic carbocycles. The van der Waals surface area contributed by atoms with Crippen LogP contribution in [-0.4, -0.2) is 46.0 Å². The van der Waals surface area contributed by atoms with Gasteiger partial charge in [0.15, 0.2) is 6.61 Å². The minimum Gasteiger partial charge on any atom is -0.456 e. The molecule has 1 saturated heterocycles. The van der Waals surface area contributed by atoms with Gasteiger partial charge in [0, 0.05) is 25.6 Å². The average molecular weight is 397 g/mol. The van der Waals surface area contributed by atoms with E-state index in [2.05, 4.69) is 11.9 Å². The molecule has 4 rings (SSSR count). The lowest BCUT2D eigenvalue weighted by Gasteiger charge is -2.30. The molecule has 1 saturated carbocycles. The molecule has 0 bridgehead atoms. The summed E-state index contributed by atoms with van der Waals surface area (Å²) < 4.78 is 6.93. The molecule has 0 N–H and O–H groups in total. The summed E-state index contributed by atoms with van der Waals surface area (Å²) >= 11 is 0. The van der Waals surface area contributed by atoms with Crippen molar-refractivity contribution in [3.05, 3.63) is 40.4 Å². The quantitative estimate of drug-likeness (QED) is 0.700. The fraction of sp³-hybridized carbons (Fsp3) is 0.545. The van der Waals surface area contributed by atoms with Crippen LogP contribution in [0.25, 0.3) is 10.9 Å². The number of fused-ring (bicyclic) bond motifs is 1. The number of esters is 1. The molecule has 7 nitrogen and oxygen atoms in total. The van der Waals surface area contributed by atoms with E-state index in [0.717, 1.165) is 38.8 Å². The second-order valence-electron chi connectivity index (χ2n) is 8.20. The number of piperidine rings is 1. The summed E-state index contributed by atoms with van der Waals surface area (Å²) in [5.74, 6) is 0.530. The number of carbonyl (C=O) groups is 2. The molecule has 1 aliphatic heterocycles. The predicted octanol–water partition coefficient (Wildman–Crippen LogP) is 2.47. The van der Waals surface area contributed by atoms with Gasteiger partial charge in [0.2, 0.25) is 0 Å². The monoisotopic (exact) mass is 397 g/mol. The largest absolute Gasteiger partial charge is 0.456 e. The summed E-state index contributed by atoms with van der Waals surface area (Å²) in [7, 11) is 0. The summed E-state index contributed by atoms with van der Waals surface area (Å²) in [4.78, 5) is 43.7. The molecule has 1 unspecified atom stereocenters. The third-order valence-electron chi connectivity index (χ3n) is 5.71. The van der Waals surface area contributed by atoms with Crippen molar-refractivity contribution in [1.29, 1.82) is 0 Å². The summed E-state index contributed by atoms with van der Waals surface area (Å²) in [5.41, 5.74) is 0.600. The smallest absolute Gasteiger partial charge is 0.306 e. The minimum atomic E-state index is -0.437. The Labute approximate surface area is 169 Å². The van der Waals surface area contributed by atoms with E-state index >= 15 is 0 Å². The molecule has 7 heteroatoms. The first kappa shape index (κ1) is 19.6. The van der Waals surface area contributed by atoms with Gasteiger partial charge < -0.3 is 9.64 Å². The summed E-state index contributed by atoms with van der Waals surface area (Å²) in [5, 5.41) is 0.604. The van der Waals surface area contributed by atoms with Crippen LogP contribution in [0.15, 0.2) is 29.1 Å². The molecule has 2 aromatic rings. The highest BCUT2D eigenvalue weighted by Crippen LogP contribution is 2.34. The van der Waals surface area contributed by atoms with E-state index in [1.54, 1.807) is 15.5 Å². The first-order valence-corrected chi connectivity index (χ1v) is 10.5. The van der Waals surface area contributed by atoms with E-state index in [1.807, 2.05) is 18.2 Å². The van der Waals surface area contributed by atoms with Crippen molar-refractivity contribution in [2.24, 2.45) is 5.92 Å². The topological polar surface area (TPSA) is 81.5 Å². The number of para-hydroxylation sites is 1. The van der Waals surface area contributed by atoms with Gasteiger partial charge in [-0.15, -0.1) is 0 Å². The number of carbonyl (C=O) groups excluding carboxylic acids is 2. The zero-order valence-corrected chi connectivity index (χ0v) is 16.8. The van der Waals surface area contributed by atoms with Gasteiger partial charge in [0.1, 0.15) is 5.82 Å². The zero-order valence-electron chi connectivity index (χ0n) is 16.8. The van der Waals surface area contributed by atoms with E-state index in [1.165, 1.54) is 0 Å². The molecule has 1 aromatic heterocycles. The van der Waals surface area contributed by atoms with Crippen LogP contribution >= 0.6 is 0 Å². The van der Waals surface area contributed by atoms with Crippen molar-refractivity contribution in [3.63, 3.8) is 0 Å². The van der Waals surface area contributed by atoms with Gasteiger partial charge in [-0.05, 0) is 43.7 Å². The van der Waals surface area contributed by atoms with Crippen LogP contribution in [0.2, 0.25) is 0 Å². The number of aromatic nitrogens is 2. The van der Waals surface area contributed by atoms with Crippen molar-refractivity contribution in [2.75, 3.05) is 19.7 Å². The third-order valence-corrected chi connectivity index (χ3v) is 5.71. The van der Waals surface area contributed by atoms with E-state index in [9.17, 15) is 14.4 Å². The number of ether oxygens (including phenoxy) is 1. The summed E-state index contributed by atoms with van der Waals surface area (Å²) in [6.07, 6.45) is 4.46. The summed E-state index contributed by atoms with van der Waals surface area (Å²) in [6.45, 7) is 3.37. The molecule has 154 valence electrons. The molecule has 2 aliphatic rings. The van der Waals surface area contributed by atoms with Crippen molar-refractivity contribution in [3.8, 4) is 0 Å². The van der Waals surface area contributed by atoms with Crippen molar-refractivity contribution < 1.29 is 14.3 Å². The highest BCUT2D eigenvalue weighted by atomic mass is 16.5. The van der Waals surface area contributed by atoms with Crippen LogP contribution in [-0.2, 0) is 20.7 Å². The highest BCUT2D eigenvalue weighted by Gasteiger charge is 2.28. The molecule has 1 atom stereocenters. The molecule has 1 amide bonds. The van der Waals surface area contributed by atoms with Gasteiger partial charge in [-0.2, -0.15) is 0 Å². The maximum atomic E-state index is 12.8. The highest BCUT2D eigenvalue weighted by molar-refractivity contribution is 5.81. The molecule has 1 aromatic carbocycles. The van der Waals surface area contributed by atoms with Gasteiger partial charge in [-0.3, -0.25) is 19.0 Å². The predicted molar refractivity (Wildman–Crippen MR) is 109 cm³/mol. The van der Waals surface area contributed by atoms with Crippen LogP contribution in [0, 0.1) is 5.92 Å². The number of benzene rings is 1. The molecule has 2 fully saturated rings. The van der Waals surface area contributed by atoms with Crippen LogP contribution in [0.1, 0.15) is 50.9 Å². The van der Waals surface area contributed by atoms with Crippen LogP contribution in [0.3, 0.4) is 0 Å². The first-order chi connectivity index (χ1) is 14.0. The van der Waals surface area contributed by atoms with Crippen molar-refractivity contribution in [2.45, 2.75) is 51.5 Å². The Morgan fingerprint density at radius 3 is 2.76 bits per heavy atom. The molecule has 0 spiro atoms. The van der Waals surface area contributed by atoms with E-state index in [-0.39, 0.29) is 30.5 Å². The lowest BCUT2D eigenvalue weighted by molar-refractivity contribution is -0.152. The zero-order chi connectivity index (χ0) is 20.4. The number of likely N-dealkylation sites (tertiary alicyclic amines) is 1. The number of hydrogen-bond donors (Lipinski definition) is 0. The molecule has 2 heterocycles. The SMILES string of the molecule is CC1CCCN(C(=O)COC(=O)CCc2nc3ccccc3c(=O)n2C2CC2)C1. The normalized spacial score (nSPS) is 19.3. The number of nitrogens with zero attached hydrogens (tertiary/aromatic N) is 3. The minimum absolute atomic E-state index is 0.0455. The van der Waals surface area contributed by atoms with E-state index in [4.69, 9.17) is 4.74 Å². The standard InChI is InChI=1S/C22H27N3O4/c1-15-5-4-12-24(13-15)20(26)14-29-21(27)11-10-19-23-18-7-3-2-6-17(18)22(28)25(19)16-8-9-16/h2-3,6-7,15-16H,4-5,8-14H2,1H3. The number of hydrogen-bond acceptors (Lipinski definition) is 5. The fourth-order valence-electron chi connectivity index (χ4n) is 4.01.